The molecule has 0 spiro atoms. The molecular formula is C12H14O4S4Zn. The minimum Gasteiger partial charge on any atom is -0.549 e. The topological polar surface area (TPSA) is 80.3 Å². The molecule has 0 N–H and O–H groups in total. The molecule has 2 unspecified atom stereocenters. The third-order valence-corrected chi connectivity index (χ3v) is 8.91. The summed E-state index contributed by atoms with van der Waals surface area (Å²) in [4.78, 5) is 22.9. The third kappa shape index (κ3) is 5.86. The zero-order valence-corrected chi connectivity index (χ0v) is 18.4. The summed E-state index contributed by atoms with van der Waals surface area (Å²) in [5, 5.41) is 19.9. The van der Waals surface area contributed by atoms with E-state index < -0.39 is 22.4 Å². The number of carboxylic acids is 2. The van der Waals surface area contributed by atoms with Crippen molar-refractivity contribution in [3.8, 4) is 0 Å². The number of rotatable bonds is 2. The Kier molecular flexibility index (Phi) is 9.75. The number of carbonyl (C=O) groups is 2. The molecule has 2 atom stereocenters. The van der Waals surface area contributed by atoms with E-state index >= 15 is 0 Å². The molecule has 0 aromatic rings. The monoisotopic (exact) mass is 414 g/mol. The first-order valence-corrected chi connectivity index (χ1v) is 10.1. The van der Waals surface area contributed by atoms with E-state index in [-0.39, 0.29) is 19.5 Å². The summed E-state index contributed by atoms with van der Waals surface area (Å²) in [6.07, 6.45) is 0. The van der Waals surface area contributed by atoms with Gasteiger partial charge in [-0.15, -0.1) is 0 Å². The summed E-state index contributed by atoms with van der Waals surface area (Å²) in [7, 11) is 5.73. The average molecular weight is 416 g/mol. The van der Waals surface area contributed by atoms with Crippen molar-refractivity contribution in [3.05, 3.63) is 21.0 Å². The normalized spacial score (nSPS) is 24.4. The fourth-order valence-corrected chi connectivity index (χ4v) is 6.82. The Morgan fingerprint density at radius 1 is 0.810 bits per heavy atom. The van der Waals surface area contributed by atoms with E-state index in [9.17, 15) is 19.8 Å². The van der Waals surface area contributed by atoms with Crippen molar-refractivity contribution in [3.63, 3.8) is 0 Å². The van der Waals surface area contributed by atoms with Crippen LogP contribution in [0.2, 0.25) is 0 Å². The van der Waals surface area contributed by atoms with Crippen LogP contribution in [0.4, 0.5) is 0 Å². The van der Waals surface area contributed by atoms with Gasteiger partial charge in [0, 0.05) is 0 Å². The number of carbonyl (C=O) groups excluding carboxylic acids is 2. The van der Waals surface area contributed by atoms with Crippen molar-refractivity contribution in [1.29, 1.82) is 0 Å². The van der Waals surface area contributed by atoms with Gasteiger partial charge in [0.05, 0.1) is 22.4 Å². The predicted octanol–water partition coefficient (Wildman–Crippen LogP) is 1.59. The van der Waals surface area contributed by atoms with E-state index in [1.165, 1.54) is 43.2 Å². The van der Waals surface area contributed by atoms with Crippen LogP contribution < -0.4 is 10.2 Å². The molecule has 0 saturated carbocycles. The Bertz CT molecular complexity index is 446. The first-order chi connectivity index (χ1) is 9.25. The van der Waals surface area contributed by atoms with Gasteiger partial charge in [0.25, 0.3) is 0 Å². The second-order valence-electron chi connectivity index (χ2n) is 4.24. The van der Waals surface area contributed by atoms with Crippen molar-refractivity contribution in [2.75, 3.05) is 0 Å². The molecular weight excluding hydrogens is 402 g/mol. The number of aliphatic carboxylic acids is 2. The van der Waals surface area contributed by atoms with Crippen LogP contribution in [0.1, 0.15) is 27.7 Å². The summed E-state index contributed by atoms with van der Waals surface area (Å²) < 4.78 is 0. The van der Waals surface area contributed by atoms with Gasteiger partial charge in [-0.3, -0.25) is 0 Å². The number of carboxylic acid groups (broad SMARTS) is 2. The van der Waals surface area contributed by atoms with Crippen LogP contribution in [0.15, 0.2) is 21.0 Å². The minimum absolute atomic E-state index is 0. The molecule has 0 aromatic heterocycles. The van der Waals surface area contributed by atoms with Crippen LogP contribution in [0.5, 0.6) is 0 Å². The summed E-state index contributed by atoms with van der Waals surface area (Å²) in [5.74, 6) is -1.96. The first kappa shape index (κ1) is 21.4. The van der Waals surface area contributed by atoms with E-state index in [1.54, 1.807) is 0 Å². The van der Waals surface area contributed by atoms with E-state index in [0.29, 0.717) is 0 Å². The molecule has 0 saturated heterocycles. The molecule has 2 aliphatic rings. The van der Waals surface area contributed by atoms with Crippen molar-refractivity contribution < 1.29 is 39.3 Å². The molecule has 9 heteroatoms. The molecule has 0 radical (unpaired) electrons. The van der Waals surface area contributed by atoms with Gasteiger partial charge in [-0.05, 0) is 48.7 Å². The second kappa shape index (κ2) is 9.55. The van der Waals surface area contributed by atoms with Crippen LogP contribution in [-0.2, 0) is 29.1 Å². The Balaban J connectivity index is 0.000000364. The zero-order valence-electron chi connectivity index (χ0n) is 12.1. The predicted molar refractivity (Wildman–Crippen MR) is 84.7 cm³/mol. The fraction of sp³-hybridized carbons (Fsp3) is 0.500. The summed E-state index contributed by atoms with van der Waals surface area (Å²) >= 11 is 0. The quantitative estimate of drug-likeness (QED) is 0.497. The van der Waals surface area contributed by atoms with Gasteiger partial charge in [0.15, 0.2) is 0 Å². The maximum atomic E-state index is 10.4. The first-order valence-electron chi connectivity index (χ1n) is 5.68. The average Bonchev–Trinajstić information content (AvgIpc) is 2.86. The minimum atomic E-state index is -0.980. The van der Waals surface area contributed by atoms with Crippen LogP contribution in [-0.4, -0.2) is 22.4 Å². The standard InChI is InChI=1S/2C6H8O2S2.Zn/c2*1-3-4(2)9-10-5(3)6(7)8;/h2*5H,1-2H3,(H,7,8);/q;;+2/p-2. The van der Waals surface area contributed by atoms with Crippen LogP contribution >= 0.6 is 43.2 Å². The largest absolute Gasteiger partial charge is 2.00 e. The number of hydrogen-bond donors (Lipinski definition) is 0. The summed E-state index contributed by atoms with van der Waals surface area (Å²) in [5.41, 5.74) is 1.85. The SMILES string of the molecule is CC1=C(C)C(C(=O)[O-])SS1.CC1=C(C)C(C(=O)[O-])SS1.[Zn+2]. The van der Waals surface area contributed by atoms with E-state index in [4.69, 9.17) is 0 Å². The van der Waals surface area contributed by atoms with Crippen LogP contribution in [0.25, 0.3) is 0 Å². The molecule has 0 aromatic carbocycles. The second-order valence-corrected chi connectivity index (χ2v) is 9.28. The number of allylic oxidation sites excluding steroid dienone is 2. The summed E-state index contributed by atoms with van der Waals surface area (Å²) in [6.45, 7) is 7.53. The van der Waals surface area contributed by atoms with Crippen LogP contribution in [0.3, 0.4) is 0 Å². The van der Waals surface area contributed by atoms with Gasteiger partial charge < -0.3 is 19.8 Å². The van der Waals surface area contributed by atoms with Gasteiger partial charge in [-0.25, -0.2) is 0 Å². The summed E-state index contributed by atoms with van der Waals surface area (Å²) in [6, 6.07) is 0. The molecule has 2 heterocycles. The fourth-order valence-electron chi connectivity index (χ4n) is 1.32. The van der Waals surface area contributed by atoms with E-state index in [2.05, 4.69) is 0 Å². The zero-order chi connectivity index (χ0) is 15.4. The molecule has 2 rings (SSSR count). The van der Waals surface area contributed by atoms with Crippen molar-refractivity contribution in [2.24, 2.45) is 0 Å². The maximum absolute atomic E-state index is 10.4. The molecule has 0 bridgehead atoms. The maximum Gasteiger partial charge on any atom is 2.00 e. The van der Waals surface area contributed by atoms with E-state index in [0.717, 1.165) is 21.0 Å². The molecule has 2 aliphatic heterocycles. The Morgan fingerprint density at radius 2 is 1.10 bits per heavy atom. The Hall–Kier alpha value is 0.443. The van der Waals surface area contributed by atoms with Gasteiger partial charge in [-0.2, -0.15) is 0 Å². The van der Waals surface area contributed by atoms with Gasteiger partial charge in [-0.1, -0.05) is 43.2 Å². The van der Waals surface area contributed by atoms with Gasteiger partial charge >= 0.3 is 19.5 Å². The van der Waals surface area contributed by atoms with Crippen molar-refractivity contribution >= 4 is 55.1 Å². The third-order valence-electron chi connectivity index (χ3n) is 2.86. The van der Waals surface area contributed by atoms with Crippen molar-refractivity contribution in [2.45, 2.75) is 38.2 Å². The van der Waals surface area contributed by atoms with Gasteiger partial charge in [0.1, 0.15) is 0 Å². The molecule has 4 nitrogen and oxygen atoms in total. The van der Waals surface area contributed by atoms with Crippen molar-refractivity contribution in [1.82, 2.24) is 0 Å². The number of hydrogen-bond acceptors (Lipinski definition) is 8. The smallest absolute Gasteiger partial charge is 0.549 e. The van der Waals surface area contributed by atoms with Gasteiger partial charge in [0.2, 0.25) is 0 Å². The Morgan fingerprint density at radius 3 is 1.19 bits per heavy atom. The molecule has 0 aliphatic carbocycles. The molecule has 112 valence electrons. The molecule has 0 amide bonds. The van der Waals surface area contributed by atoms with Crippen LogP contribution in [0, 0.1) is 0 Å². The van der Waals surface area contributed by atoms with E-state index in [1.807, 2.05) is 27.7 Å². The molecule has 21 heavy (non-hydrogen) atoms. The Labute approximate surface area is 152 Å². The molecule has 0 fully saturated rings.